The number of hydrogen-bond acceptors (Lipinski definition) is 6. The largest absolute Gasteiger partial charge is 0.303 e. The van der Waals surface area contributed by atoms with Crippen molar-refractivity contribution >= 4 is 34.7 Å². The molecule has 0 saturated heterocycles. The third-order valence-corrected chi connectivity index (χ3v) is 5.47. The van der Waals surface area contributed by atoms with Gasteiger partial charge in [0.25, 0.3) is 0 Å². The van der Waals surface area contributed by atoms with Gasteiger partial charge < -0.3 is 4.57 Å². The van der Waals surface area contributed by atoms with E-state index in [0.29, 0.717) is 16.4 Å². The summed E-state index contributed by atoms with van der Waals surface area (Å²) < 4.78 is 2.85. The highest BCUT2D eigenvalue weighted by Crippen LogP contribution is 2.46. The van der Waals surface area contributed by atoms with Crippen molar-refractivity contribution in [3.8, 4) is 0 Å². The summed E-state index contributed by atoms with van der Waals surface area (Å²) in [5, 5.41) is 18.6. The van der Waals surface area contributed by atoms with Gasteiger partial charge in [-0.05, 0) is 37.3 Å². The lowest BCUT2D eigenvalue weighted by Gasteiger charge is -2.06. The highest BCUT2D eigenvalue weighted by atomic mass is 35.5. The third kappa shape index (κ3) is 2.51. The molecule has 0 aliphatic heterocycles. The van der Waals surface area contributed by atoms with Crippen molar-refractivity contribution in [1.29, 1.82) is 0 Å². The number of halogens is 1. The van der Waals surface area contributed by atoms with E-state index in [1.165, 1.54) is 42.8 Å². The molecule has 4 rings (SSSR count). The Morgan fingerprint density at radius 2 is 2.00 bits per heavy atom. The van der Waals surface area contributed by atoms with Crippen molar-refractivity contribution in [2.45, 2.75) is 48.6 Å². The van der Waals surface area contributed by atoms with Crippen LogP contribution in [-0.4, -0.2) is 25.0 Å². The van der Waals surface area contributed by atoms with Crippen LogP contribution in [-0.2, 0) is 5.75 Å². The molecule has 2 aromatic rings. The first-order chi connectivity index (χ1) is 9.31. The van der Waals surface area contributed by atoms with E-state index < -0.39 is 0 Å². The molecule has 2 fully saturated rings. The minimum atomic E-state index is 0.498. The van der Waals surface area contributed by atoms with Gasteiger partial charge in [0.15, 0.2) is 5.16 Å². The van der Waals surface area contributed by atoms with Gasteiger partial charge in [0.2, 0.25) is 4.47 Å². The van der Waals surface area contributed by atoms with Crippen LogP contribution in [0.25, 0.3) is 0 Å². The quantitative estimate of drug-likeness (QED) is 0.793. The lowest BCUT2D eigenvalue weighted by molar-refractivity contribution is 0.627. The molecule has 0 radical (unpaired) electrons. The van der Waals surface area contributed by atoms with Gasteiger partial charge >= 0.3 is 0 Å². The molecule has 0 spiro atoms. The zero-order chi connectivity index (χ0) is 12.8. The topological polar surface area (TPSA) is 56.5 Å². The van der Waals surface area contributed by atoms with Crippen molar-refractivity contribution in [3.05, 3.63) is 15.3 Å². The Balaban J connectivity index is 1.53. The SMILES string of the molecule is Clc1nnc(CSc2nnc(C3CC3)n2C2CC2)s1. The molecule has 0 amide bonds. The molecule has 100 valence electrons. The fourth-order valence-corrected chi connectivity index (χ4v) is 3.97. The first-order valence-corrected chi connectivity index (χ1v) is 8.55. The van der Waals surface area contributed by atoms with Crippen LogP contribution < -0.4 is 0 Å². The summed E-state index contributed by atoms with van der Waals surface area (Å²) in [7, 11) is 0. The monoisotopic (exact) mass is 313 g/mol. The van der Waals surface area contributed by atoms with Gasteiger partial charge in [-0.3, -0.25) is 0 Å². The normalized spacial score (nSPS) is 19.0. The van der Waals surface area contributed by atoms with E-state index in [1.54, 1.807) is 11.8 Å². The molecule has 0 bridgehead atoms. The van der Waals surface area contributed by atoms with Crippen LogP contribution >= 0.6 is 34.7 Å². The summed E-state index contributed by atoms with van der Waals surface area (Å²) >= 11 is 8.90. The van der Waals surface area contributed by atoms with Crippen molar-refractivity contribution in [1.82, 2.24) is 25.0 Å². The highest BCUT2D eigenvalue weighted by molar-refractivity contribution is 7.98. The van der Waals surface area contributed by atoms with Crippen LogP contribution in [0.15, 0.2) is 5.16 Å². The molecule has 0 atom stereocenters. The third-order valence-electron chi connectivity index (χ3n) is 3.31. The molecular weight excluding hydrogens is 302 g/mol. The molecule has 2 aliphatic rings. The molecule has 2 saturated carbocycles. The smallest absolute Gasteiger partial charge is 0.207 e. The first kappa shape index (κ1) is 12.1. The lowest BCUT2D eigenvalue weighted by atomic mass is 10.4. The van der Waals surface area contributed by atoms with Gasteiger partial charge in [0.05, 0.1) is 5.75 Å². The van der Waals surface area contributed by atoms with Crippen LogP contribution in [0.1, 0.15) is 48.5 Å². The van der Waals surface area contributed by atoms with E-state index in [0.717, 1.165) is 15.9 Å². The van der Waals surface area contributed by atoms with E-state index >= 15 is 0 Å². The summed E-state index contributed by atoms with van der Waals surface area (Å²) in [6.45, 7) is 0. The molecule has 2 heterocycles. The van der Waals surface area contributed by atoms with Crippen molar-refractivity contribution in [3.63, 3.8) is 0 Å². The zero-order valence-electron chi connectivity index (χ0n) is 10.1. The zero-order valence-corrected chi connectivity index (χ0v) is 12.5. The summed E-state index contributed by atoms with van der Waals surface area (Å²) in [4.78, 5) is 0. The number of hydrogen-bond donors (Lipinski definition) is 0. The number of aromatic nitrogens is 5. The summed E-state index contributed by atoms with van der Waals surface area (Å²) in [5.74, 6) is 2.61. The van der Waals surface area contributed by atoms with Gasteiger partial charge in [-0.1, -0.05) is 23.1 Å². The minimum absolute atomic E-state index is 0.498. The predicted octanol–water partition coefficient (Wildman–Crippen LogP) is 3.29. The Kier molecular flexibility index (Phi) is 3.00. The van der Waals surface area contributed by atoms with Gasteiger partial charge in [0, 0.05) is 12.0 Å². The fraction of sp³-hybridized carbons (Fsp3) is 0.636. The van der Waals surface area contributed by atoms with E-state index in [4.69, 9.17) is 11.6 Å². The minimum Gasteiger partial charge on any atom is -0.303 e. The Hall–Kier alpha value is -0.660. The number of nitrogens with zero attached hydrogens (tertiary/aromatic N) is 5. The standard InChI is InChI=1S/C11H12ClN5S2/c12-10-15-13-8(19-10)5-18-11-16-14-9(6-1-2-6)17(11)7-3-4-7/h6-7H,1-5H2. The fourth-order valence-electron chi connectivity index (χ4n) is 2.10. The molecule has 2 aliphatic carbocycles. The average Bonchev–Trinajstić information content (AvgIpc) is 3.33. The Morgan fingerprint density at radius 1 is 1.16 bits per heavy atom. The van der Waals surface area contributed by atoms with Crippen molar-refractivity contribution in [2.24, 2.45) is 0 Å². The average molecular weight is 314 g/mol. The number of thioether (sulfide) groups is 1. The second-order valence-corrected chi connectivity index (χ2v) is 7.54. The molecular formula is C11H12ClN5S2. The Labute approximate surface area is 123 Å². The van der Waals surface area contributed by atoms with Crippen molar-refractivity contribution in [2.75, 3.05) is 0 Å². The van der Waals surface area contributed by atoms with Gasteiger partial charge in [0.1, 0.15) is 10.8 Å². The predicted molar refractivity (Wildman–Crippen MR) is 74.7 cm³/mol. The van der Waals surface area contributed by atoms with Crippen molar-refractivity contribution < 1.29 is 0 Å². The second-order valence-electron chi connectivity index (χ2n) is 4.95. The molecule has 19 heavy (non-hydrogen) atoms. The van der Waals surface area contributed by atoms with Gasteiger partial charge in [-0.2, -0.15) is 0 Å². The Bertz CT molecular complexity index is 602. The molecule has 0 unspecified atom stereocenters. The molecule has 0 aromatic carbocycles. The summed E-state index contributed by atoms with van der Waals surface area (Å²) in [5.41, 5.74) is 0. The van der Waals surface area contributed by atoms with Crippen LogP contribution in [0.4, 0.5) is 0 Å². The van der Waals surface area contributed by atoms with E-state index in [9.17, 15) is 0 Å². The Morgan fingerprint density at radius 3 is 2.63 bits per heavy atom. The van der Waals surface area contributed by atoms with Gasteiger partial charge in [-0.25, -0.2) is 0 Å². The van der Waals surface area contributed by atoms with E-state index in [1.807, 2.05) is 0 Å². The van der Waals surface area contributed by atoms with E-state index in [-0.39, 0.29) is 0 Å². The van der Waals surface area contributed by atoms with E-state index in [2.05, 4.69) is 25.0 Å². The lowest BCUT2D eigenvalue weighted by Crippen LogP contribution is -2.01. The number of rotatable bonds is 5. The maximum Gasteiger partial charge on any atom is 0.207 e. The molecule has 0 N–H and O–H groups in total. The second kappa shape index (κ2) is 4.71. The van der Waals surface area contributed by atoms with Crippen LogP contribution in [0.5, 0.6) is 0 Å². The highest BCUT2D eigenvalue weighted by Gasteiger charge is 2.36. The molecule has 2 aromatic heterocycles. The maximum absolute atomic E-state index is 5.79. The van der Waals surface area contributed by atoms with Gasteiger partial charge in [-0.15, -0.1) is 20.4 Å². The van der Waals surface area contributed by atoms with Crippen LogP contribution in [0.2, 0.25) is 4.47 Å². The first-order valence-electron chi connectivity index (χ1n) is 6.37. The summed E-state index contributed by atoms with van der Waals surface area (Å²) in [6, 6.07) is 0.631. The molecule has 5 nitrogen and oxygen atoms in total. The summed E-state index contributed by atoms with van der Waals surface area (Å²) in [6.07, 6.45) is 5.05. The van der Waals surface area contributed by atoms with Crippen LogP contribution in [0, 0.1) is 0 Å². The van der Waals surface area contributed by atoms with Crippen LogP contribution in [0.3, 0.4) is 0 Å². The maximum atomic E-state index is 5.79. The molecule has 8 heteroatoms.